The first-order valence-electron chi connectivity index (χ1n) is 16.6. The molecule has 4 aliphatic rings. The number of likely N-dealkylation sites (tertiary alicyclic amines) is 1. The van der Waals surface area contributed by atoms with E-state index in [-0.39, 0.29) is 42.3 Å². The highest BCUT2D eigenvalue weighted by molar-refractivity contribution is 6.36. The number of fused-ring (bicyclic) bond motifs is 4. The number of nitrogens with one attached hydrogen (secondary N) is 1. The van der Waals surface area contributed by atoms with Crippen LogP contribution in [-0.2, 0) is 29.4 Å². The molecular formula is C38H35Cl2N3O8. The van der Waals surface area contributed by atoms with Crippen molar-refractivity contribution < 1.29 is 38.9 Å². The summed E-state index contributed by atoms with van der Waals surface area (Å²) in [6.07, 6.45) is 1.80. The van der Waals surface area contributed by atoms with E-state index < -0.39 is 64.6 Å². The van der Waals surface area contributed by atoms with Crippen molar-refractivity contribution in [3.8, 4) is 11.5 Å². The van der Waals surface area contributed by atoms with E-state index in [9.17, 15) is 29.4 Å². The Morgan fingerprint density at radius 1 is 0.961 bits per heavy atom. The number of carboxylic acid groups (broad SMARTS) is 1. The van der Waals surface area contributed by atoms with E-state index in [0.29, 0.717) is 33.0 Å². The molecule has 6 atom stereocenters. The maximum absolute atomic E-state index is 15.3. The van der Waals surface area contributed by atoms with Gasteiger partial charge in [-0.25, -0.2) is 0 Å². The number of rotatable bonds is 8. The highest BCUT2D eigenvalue weighted by Gasteiger charge is 2.70. The summed E-state index contributed by atoms with van der Waals surface area (Å²) in [6, 6.07) is 15.2. The molecule has 3 aromatic carbocycles. The van der Waals surface area contributed by atoms with Gasteiger partial charge in [0.15, 0.2) is 0 Å². The summed E-state index contributed by atoms with van der Waals surface area (Å²) in [5.41, 5.74) is 4.77. The molecule has 264 valence electrons. The number of aromatic hydroxyl groups is 1. The molecule has 13 heteroatoms. The molecule has 4 amide bonds. The van der Waals surface area contributed by atoms with Gasteiger partial charge in [0.1, 0.15) is 11.5 Å². The number of phenols is 1. The molecule has 0 unspecified atom stereocenters. The van der Waals surface area contributed by atoms with Crippen LogP contribution in [0.2, 0.25) is 10.0 Å². The first-order chi connectivity index (χ1) is 24.3. The zero-order valence-electron chi connectivity index (χ0n) is 28.0. The van der Waals surface area contributed by atoms with Crippen LogP contribution >= 0.6 is 23.2 Å². The Hall–Kier alpha value is -4.87. The third-order valence-corrected chi connectivity index (χ3v) is 11.6. The van der Waals surface area contributed by atoms with Crippen LogP contribution in [0.25, 0.3) is 0 Å². The van der Waals surface area contributed by atoms with E-state index in [0.717, 1.165) is 15.5 Å². The van der Waals surface area contributed by atoms with Crippen LogP contribution < -0.4 is 10.2 Å². The number of methoxy groups -OCH3 is 1. The van der Waals surface area contributed by atoms with Crippen molar-refractivity contribution in [1.29, 1.82) is 0 Å². The predicted octanol–water partition coefficient (Wildman–Crippen LogP) is 5.78. The van der Waals surface area contributed by atoms with Crippen LogP contribution in [0.1, 0.15) is 47.4 Å². The Morgan fingerprint density at radius 2 is 1.65 bits per heavy atom. The highest BCUT2D eigenvalue weighted by Crippen LogP contribution is 2.64. The number of ether oxygens (including phenoxy) is 1. The fourth-order valence-corrected chi connectivity index (χ4v) is 9.32. The number of benzene rings is 3. The summed E-state index contributed by atoms with van der Waals surface area (Å²) >= 11 is 12.7. The monoisotopic (exact) mass is 731 g/mol. The van der Waals surface area contributed by atoms with Crippen LogP contribution in [0, 0.1) is 37.5 Å². The first kappa shape index (κ1) is 34.6. The summed E-state index contributed by atoms with van der Waals surface area (Å²) in [5, 5.41) is 21.7. The molecule has 3 N–H and O–H groups in total. The fourth-order valence-electron chi connectivity index (χ4n) is 8.87. The third kappa shape index (κ3) is 5.28. The Bertz CT molecular complexity index is 2030. The average molecular weight is 733 g/mol. The van der Waals surface area contributed by atoms with Crippen LogP contribution in [-0.4, -0.2) is 63.4 Å². The number of halogens is 2. The summed E-state index contributed by atoms with van der Waals surface area (Å²) in [5.74, 6) is -6.52. The van der Waals surface area contributed by atoms with Gasteiger partial charge in [0, 0.05) is 17.5 Å². The number of anilines is 1. The third-order valence-electron chi connectivity index (χ3n) is 11.1. The quantitative estimate of drug-likeness (QED) is 0.193. The highest BCUT2D eigenvalue weighted by atomic mass is 35.5. The fraction of sp³-hybridized carbons (Fsp3) is 0.342. The van der Waals surface area contributed by atoms with E-state index in [1.54, 1.807) is 62.4 Å². The van der Waals surface area contributed by atoms with Gasteiger partial charge >= 0.3 is 5.97 Å². The van der Waals surface area contributed by atoms with Crippen molar-refractivity contribution in [3.05, 3.63) is 98.5 Å². The molecule has 11 nitrogen and oxygen atoms in total. The number of allylic oxidation sites excluding steroid dienone is 2. The van der Waals surface area contributed by atoms with Crippen LogP contribution in [0.5, 0.6) is 11.5 Å². The van der Waals surface area contributed by atoms with Crippen molar-refractivity contribution in [2.45, 2.75) is 44.4 Å². The number of amides is 4. The lowest BCUT2D eigenvalue weighted by atomic mass is 9.49. The number of carbonyl (C=O) groups is 5. The SMILES string of the molecule is COc1ccc([C@@]23C(=O)N(Nc4ccc(Cl)cc4Cl)C(=O)[C@@H]2C[C@@H]2C(=CC[C@@H]4C(=O)N(CCC(=O)O)C(=O)[C@@H]42)[C@@H]3c2cc(C)c(O)c(C)c2)cc1. The topological polar surface area (TPSA) is 154 Å². The normalized spacial score (nSPS) is 26.8. The van der Waals surface area contributed by atoms with E-state index in [4.69, 9.17) is 27.9 Å². The number of hydrogen-bond donors (Lipinski definition) is 3. The van der Waals surface area contributed by atoms with Crippen molar-refractivity contribution in [2.24, 2.45) is 23.7 Å². The Morgan fingerprint density at radius 3 is 2.27 bits per heavy atom. The summed E-state index contributed by atoms with van der Waals surface area (Å²) < 4.78 is 5.44. The zero-order chi connectivity index (χ0) is 36.5. The lowest BCUT2D eigenvalue weighted by molar-refractivity contribution is -0.143. The van der Waals surface area contributed by atoms with Crippen LogP contribution in [0.4, 0.5) is 5.69 Å². The second kappa shape index (κ2) is 12.7. The lowest BCUT2D eigenvalue weighted by Crippen LogP contribution is -2.53. The number of hydrazine groups is 1. The molecule has 0 aromatic heterocycles. The Balaban J connectivity index is 1.45. The van der Waals surface area contributed by atoms with Crippen LogP contribution in [0.15, 0.2) is 66.2 Å². The molecule has 2 aliphatic heterocycles. The van der Waals surface area contributed by atoms with Crippen LogP contribution in [0.3, 0.4) is 0 Å². The molecule has 0 radical (unpaired) electrons. The summed E-state index contributed by atoms with van der Waals surface area (Å²) in [4.78, 5) is 70.3. The number of hydrogen-bond acceptors (Lipinski definition) is 8. The minimum atomic E-state index is -1.55. The van der Waals surface area contributed by atoms with Gasteiger partial charge in [0.05, 0.1) is 47.4 Å². The largest absolute Gasteiger partial charge is 0.507 e. The zero-order valence-corrected chi connectivity index (χ0v) is 29.5. The van der Waals surface area contributed by atoms with E-state index in [1.807, 2.05) is 6.08 Å². The van der Waals surface area contributed by atoms with Crippen molar-refractivity contribution in [3.63, 3.8) is 0 Å². The number of nitrogens with zero attached hydrogens (tertiary/aromatic N) is 2. The molecule has 7 rings (SSSR count). The summed E-state index contributed by atoms with van der Waals surface area (Å²) in [6.45, 7) is 3.26. The molecule has 51 heavy (non-hydrogen) atoms. The number of imide groups is 2. The first-order valence-corrected chi connectivity index (χ1v) is 17.4. The molecule has 0 spiro atoms. The number of carboxylic acids is 1. The minimum Gasteiger partial charge on any atom is -0.507 e. The van der Waals surface area contributed by atoms with Gasteiger partial charge in [-0.2, -0.15) is 5.01 Å². The second-order valence-electron chi connectivity index (χ2n) is 13.7. The standard InChI is InChI=1S/C38H35Cl2N3O8/c1-18-14-20(15-19(2)33(18)46)32-24-9-10-25-31(36(49)42(34(25)47)13-12-30(44)45)26(24)17-27-35(48)43(41-29-11-6-22(39)16-28(29)40)37(50)38(27,32)21-4-7-23(51-3)8-5-21/h4-9,11,14-16,25-27,31-32,41,46H,10,12-13,17H2,1-3H3,(H,44,45)/t25-,26+,27-,31-,32-,38+/m0/s1. The molecule has 3 aromatic rings. The molecule has 0 bridgehead atoms. The molecule has 2 aliphatic carbocycles. The van der Waals surface area contributed by atoms with Crippen molar-refractivity contribution >= 4 is 58.5 Å². The van der Waals surface area contributed by atoms with E-state index in [2.05, 4.69) is 5.43 Å². The number of aliphatic carboxylic acids is 1. The molecule has 1 saturated carbocycles. The average Bonchev–Trinajstić information content (AvgIpc) is 3.47. The molecule has 2 saturated heterocycles. The molecular weight excluding hydrogens is 697 g/mol. The van der Waals surface area contributed by atoms with Gasteiger partial charge in [-0.05, 0) is 85.2 Å². The molecule has 2 heterocycles. The predicted molar refractivity (Wildman–Crippen MR) is 187 cm³/mol. The van der Waals surface area contributed by atoms with E-state index >= 15 is 4.79 Å². The number of aryl methyl sites for hydroxylation is 2. The van der Waals surface area contributed by atoms with Gasteiger partial charge in [-0.3, -0.25) is 34.3 Å². The van der Waals surface area contributed by atoms with E-state index in [1.165, 1.54) is 13.2 Å². The van der Waals surface area contributed by atoms with Gasteiger partial charge in [0.2, 0.25) is 11.8 Å². The number of carbonyl (C=O) groups excluding carboxylic acids is 4. The Kier molecular flexibility index (Phi) is 8.62. The van der Waals surface area contributed by atoms with Crippen molar-refractivity contribution in [1.82, 2.24) is 9.91 Å². The summed E-state index contributed by atoms with van der Waals surface area (Å²) in [7, 11) is 1.53. The Labute approximate surface area is 303 Å². The lowest BCUT2D eigenvalue weighted by Gasteiger charge is -2.50. The van der Waals surface area contributed by atoms with Gasteiger partial charge in [0.25, 0.3) is 11.8 Å². The van der Waals surface area contributed by atoms with Gasteiger partial charge < -0.3 is 14.9 Å². The maximum Gasteiger partial charge on any atom is 0.305 e. The van der Waals surface area contributed by atoms with Gasteiger partial charge in [-0.1, -0.05) is 59.1 Å². The minimum absolute atomic E-state index is 0.0640. The number of phenolic OH excluding ortho intramolecular Hbond substituents is 1. The second-order valence-corrected chi connectivity index (χ2v) is 14.5. The van der Waals surface area contributed by atoms with Gasteiger partial charge in [-0.15, -0.1) is 0 Å². The molecule has 3 fully saturated rings. The smallest absolute Gasteiger partial charge is 0.305 e. The van der Waals surface area contributed by atoms with Crippen molar-refractivity contribution in [2.75, 3.05) is 19.1 Å². The maximum atomic E-state index is 15.3.